The van der Waals surface area contributed by atoms with Gasteiger partial charge in [-0.25, -0.2) is 9.59 Å². The number of nitrogens with zero attached hydrogens (tertiary/aromatic N) is 1. The van der Waals surface area contributed by atoms with E-state index in [1.54, 1.807) is 12.1 Å². The van der Waals surface area contributed by atoms with E-state index in [4.69, 9.17) is 13.9 Å². The van der Waals surface area contributed by atoms with Crippen LogP contribution in [0.2, 0.25) is 0 Å². The Morgan fingerprint density at radius 3 is 2.61 bits per heavy atom. The maximum absolute atomic E-state index is 12.8. The topological polar surface area (TPSA) is 124 Å². The number of hydrogen-bond donors (Lipinski definition) is 1. The first-order chi connectivity index (χ1) is 14.7. The maximum atomic E-state index is 12.8. The molecule has 3 rings (SSSR count). The number of ether oxygens (including phenoxy) is 3. The summed E-state index contributed by atoms with van der Waals surface area (Å²) >= 11 is 3.32. The fourth-order valence-corrected chi connectivity index (χ4v) is 3.25. The molecule has 3 amide bonds. The van der Waals surface area contributed by atoms with E-state index in [2.05, 4.69) is 26.0 Å². The molecule has 0 bridgehead atoms. The number of nitrogens with one attached hydrogen (secondary N) is 1. The van der Waals surface area contributed by atoms with Gasteiger partial charge in [0.15, 0.2) is 11.5 Å². The second kappa shape index (κ2) is 9.04. The number of carbonyl (C=O) groups excluding carboxylic acids is 4. The molecule has 1 aromatic carbocycles. The highest BCUT2D eigenvalue weighted by molar-refractivity contribution is 9.10. The van der Waals surface area contributed by atoms with Crippen LogP contribution < -0.4 is 14.8 Å². The van der Waals surface area contributed by atoms with Gasteiger partial charge in [0.05, 0.1) is 20.8 Å². The lowest BCUT2D eigenvalue weighted by atomic mass is 10.1. The number of rotatable bonds is 6. The Kier molecular flexibility index (Phi) is 6.44. The molecule has 0 radical (unpaired) electrons. The van der Waals surface area contributed by atoms with Crippen LogP contribution in [0.3, 0.4) is 0 Å². The Morgan fingerprint density at radius 1 is 1.23 bits per heavy atom. The highest BCUT2D eigenvalue weighted by Gasteiger charge is 2.35. The second-order valence-electron chi connectivity index (χ2n) is 6.26. The summed E-state index contributed by atoms with van der Waals surface area (Å²) in [6.45, 7) is 1.03. The van der Waals surface area contributed by atoms with Gasteiger partial charge in [0.1, 0.15) is 11.5 Å². The first-order valence-corrected chi connectivity index (χ1v) is 9.60. The van der Waals surface area contributed by atoms with Gasteiger partial charge in [-0.15, -0.1) is 0 Å². The standard InChI is InChI=1S/C20H17BrN2O8/c1-10(24)30-17-11(6-12(21)8-16(17)28-2)7-14-18(25)23(20(27)22-14)9-13-4-5-15(31-13)19(26)29-3/h4-8H,9H2,1-3H3,(H,22,27)/b14-7+. The zero-order chi connectivity index (χ0) is 22.7. The molecule has 1 aliphatic heterocycles. The summed E-state index contributed by atoms with van der Waals surface area (Å²) in [5, 5.41) is 2.47. The van der Waals surface area contributed by atoms with Gasteiger partial charge in [-0.05, 0) is 30.3 Å². The molecule has 0 atom stereocenters. The van der Waals surface area contributed by atoms with E-state index in [-0.39, 0.29) is 35.3 Å². The molecule has 31 heavy (non-hydrogen) atoms. The summed E-state index contributed by atoms with van der Waals surface area (Å²) in [6, 6.07) is 5.37. The van der Waals surface area contributed by atoms with Crippen LogP contribution in [0.1, 0.15) is 28.8 Å². The zero-order valence-electron chi connectivity index (χ0n) is 16.7. The minimum absolute atomic E-state index is 0.0432. The third-order valence-corrected chi connectivity index (χ3v) is 4.60. The van der Waals surface area contributed by atoms with Crippen molar-refractivity contribution in [1.29, 1.82) is 0 Å². The van der Waals surface area contributed by atoms with E-state index in [0.29, 0.717) is 10.0 Å². The number of hydrogen-bond acceptors (Lipinski definition) is 8. The van der Waals surface area contributed by atoms with Gasteiger partial charge in [-0.3, -0.25) is 14.5 Å². The van der Waals surface area contributed by atoms with Gasteiger partial charge in [-0.2, -0.15) is 0 Å². The molecule has 1 N–H and O–H groups in total. The van der Waals surface area contributed by atoms with E-state index >= 15 is 0 Å². The SMILES string of the molecule is COC(=O)c1ccc(CN2C(=O)N/C(=C/c3cc(Br)cc(OC)c3OC(C)=O)C2=O)o1. The molecule has 0 spiro atoms. The number of halogens is 1. The van der Waals surface area contributed by atoms with Crippen LogP contribution in [0.5, 0.6) is 11.5 Å². The van der Waals surface area contributed by atoms with Crippen molar-refractivity contribution in [3.8, 4) is 11.5 Å². The molecular weight excluding hydrogens is 476 g/mol. The Labute approximate surface area is 184 Å². The number of esters is 2. The molecule has 1 aromatic heterocycles. The summed E-state index contributed by atoms with van der Waals surface area (Å²) in [4.78, 5) is 49.0. The highest BCUT2D eigenvalue weighted by atomic mass is 79.9. The third kappa shape index (κ3) is 4.77. The van der Waals surface area contributed by atoms with Gasteiger partial charge < -0.3 is 23.9 Å². The molecule has 2 heterocycles. The Balaban J connectivity index is 1.90. The molecule has 11 heteroatoms. The smallest absolute Gasteiger partial charge is 0.373 e. The van der Waals surface area contributed by atoms with Crippen LogP contribution in [0.15, 0.2) is 38.9 Å². The van der Waals surface area contributed by atoms with Crippen molar-refractivity contribution in [3.63, 3.8) is 0 Å². The van der Waals surface area contributed by atoms with Crippen LogP contribution in [0.25, 0.3) is 6.08 Å². The lowest BCUT2D eigenvalue weighted by molar-refractivity contribution is -0.132. The lowest BCUT2D eigenvalue weighted by Gasteiger charge is -2.12. The quantitative estimate of drug-likeness (QED) is 0.282. The molecule has 0 saturated carbocycles. The molecule has 0 aliphatic carbocycles. The molecule has 1 saturated heterocycles. The third-order valence-electron chi connectivity index (χ3n) is 4.14. The molecule has 2 aromatic rings. The number of carbonyl (C=O) groups is 4. The van der Waals surface area contributed by atoms with Gasteiger partial charge >= 0.3 is 18.0 Å². The number of imide groups is 1. The molecule has 162 valence electrons. The van der Waals surface area contributed by atoms with E-state index in [9.17, 15) is 19.2 Å². The summed E-state index contributed by atoms with van der Waals surface area (Å²) in [5.41, 5.74) is 0.288. The van der Waals surface area contributed by atoms with Crippen molar-refractivity contribution in [3.05, 3.63) is 51.5 Å². The zero-order valence-corrected chi connectivity index (χ0v) is 18.3. The van der Waals surface area contributed by atoms with E-state index in [0.717, 1.165) is 4.90 Å². The molecule has 10 nitrogen and oxygen atoms in total. The summed E-state index contributed by atoms with van der Waals surface area (Å²) in [6.07, 6.45) is 1.37. The Morgan fingerprint density at radius 2 is 1.97 bits per heavy atom. The maximum Gasteiger partial charge on any atom is 0.373 e. The van der Waals surface area contributed by atoms with Crippen molar-refractivity contribution in [2.75, 3.05) is 14.2 Å². The van der Waals surface area contributed by atoms with Gasteiger partial charge in [-0.1, -0.05) is 15.9 Å². The largest absolute Gasteiger partial charge is 0.493 e. The van der Waals surface area contributed by atoms with Crippen molar-refractivity contribution in [2.24, 2.45) is 0 Å². The summed E-state index contributed by atoms with van der Waals surface area (Å²) < 4.78 is 20.9. The normalized spacial score (nSPS) is 14.6. The summed E-state index contributed by atoms with van der Waals surface area (Å²) in [7, 11) is 2.61. The average Bonchev–Trinajstić information content (AvgIpc) is 3.29. The molecule has 0 unspecified atom stereocenters. The van der Waals surface area contributed by atoms with E-state index < -0.39 is 23.9 Å². The predicted octanol–water partition coefficient (Wildman–Crippen LogP) is 2.86. The second-order valence-corrected chi connectivity index (χ2v) is 7.17. The number of furan rings is 1. The number of methoxy groups -OCH3 is 2. The van der Waals surface area contributed by atoms with Gasteiger partial charge in [0, 0.05) is 17.0 Å². The van der Waals surface area contributed by atoms with Gasteiger partial charge in [0.25, 0.3) is 5.91 Å². The van der Waals surface area contributed by atoms with Crippen LogP contribution in [-0.2, 0) is 20.9 Å². The van der Waals surface area contributed by atoms with Crippen LogP contribution in [-0.4, -0.2) is 43.0 Å². The Hall–Kier alpha value is -3.60. The first kappa shape index (κ1) is 22.1. The van der Waals surface area contributed by atoms with Gasteiger partial charge in [0.2, 0.25) is 5.76 Å². The number of benzene rings is 1. The van der Waals surface area contributed by atoms with Crippen molar-refractivity contribution in [2.45, 2.75) is 13.5 Å². The lowest BCUT2D eigenvalue weighted by Crippen LogP contribution is -2.30. The molecule has 1 fully saturated rings. The average molecular weight is 493 g/mol. The van der Waals surface area contributed by atoms with Crippen molar-refractivity contribution < 1.29 is 37.8 Å². The van der Waals surface area contributed by atoms with Crippen molar-refractivity contribution >= 4 is 45.9 Å². The van der Waals surface area contributed by atoms with Crippen molar-refractivity contribution in [1.82, 2.24) is 10.2 Å². The Bertz CT molecular complexity index is 1100. The molecule has 1 aliphatic rings. The molecular formula is C20H17BrN2O8. The predicted molar refractivity (Wildman–Crippen MR) is 109 cm³/mol. The van der Waals surface area contributed by atoms with E-state index in [1.807, 2.05) is 0 Å². The summed E-state index contributed by atoms with van der Waals surface area (Å²) in [5.74, 6) is -1.36. The first-order valence-electron chi connectivity index (χ1n) is 8.81. The number of amides is 3. The minimum atomic E-state index is -0.678. The fourth-order valence-electron chi connectivity index (χ4n) is 2.80. The highest BCUT2D eigenvalue weighted by Crippen LogP contribution is 2.36. The van der Waals surface area contributed by atoms with E-state index in [1.165, 1.54) is 39.4 Å². The van der Waals surface area contributed by atoms with Crippen LogP contribution in [0.4, 0.5) is 4.79 Å². The number of urea groups is 1. The monoisotopic (exact) mass is 492 g/mol. The van der Waals surface area contributed by atoms with Crippen LogP contribution in [0, 0.1) is 0 Å². The van der Waals surface area contributed by atoms with Crippen LogP contribution >= 0.6 is 15.9 Å². The fraction of sp³-hybridized carbons (Fsp3) is 0.200. The minimum Gasteiger partial charge on any atom is -0.493 e.